The molecule has 0 radical (unpaired) electrons. The van der Waals surface area contributed by atoms with Crippen molar-refractivity contribution in [2.75, 3.05) is 6.61 Å². The highest BCUT2D eigenvalue weighted by molar-refractivity contribution is 5.54. The Hall–Kier alpha value is -2.94. The van der Waals surface area contributed by atoms with Gasteiger partial charge >= 0.3 is 0 Å². The Bertz CT molecular complexity index is 1100. The summed E-state index contributed by atoms with van der Waals surface area (Å²) < 4.78 is 19.0. The van der Waals surface area contributed by atoms with E-state index in [9.17, 15) is 0 Å². The summed E-state index contributed by atoms with van der Waals surface area (Å²) in [6, 6.07) is 21.3. The van der Waals surface area contributed by atoms with Crippen molar-refractivity contribution in [3.8, 4) is 17.2 Å². The van der Waals surface area contributed by atoms with Crippen molar-refractivity contribution in [2.45, 2.75) is 64.6 Å². The normalized spacial score (nSPS) is 18.7. The van der Waals surface area contributed by atoms with Crippen molar-refractivity contribution in [2.24, 2.45) is 0 Å². The fourth-order valence-corrected chi connectivity index (χ4v) is 4.81. The third-order valence-electron chi connectivity index (χ3n) is 6.72. The molecular formula is C29H32O3. The van der Waals surface area contributed by atoms with Gasteiger partial charge in [-0.2, -0.15) is 0 Å². The van der Waals surface area contributed by atoms with Gasteiger partial charge in [0.25, 0.3) is 0 Å². The Morgan fingerprint density at radius 3 is 2.66 bits per heavy atom. The Balaban J connectivity index is 1.40. The molecule has 1 atom stereocenters. The highest BCUT2D eigenvalue weighted by atomic mass is 16.5. The van der Waals surface area contributed by atoms with Gasteiger partial charge in [-0.1, -0.05) is 55.5 Å². The molecule has 3 aromatic rings. The summed E-state index contributed by atoms with van der Waals surface area (Å²) in [5.41, 5.74) is 6.12. The van der Waals surface area contributed by atoms with E-state index in [1.807, 2.05) is 6.07 Å². The zero-order chi connectivity index (χ0) is 22.1. The first-order chi connectivity index (χ1) is 15.5. The van der Waals surface area contributed by atoms with Gasteiger partial charge in [-0.15, -0.1) is 0 Å². The van der Waals surface area contributed by atoms with E-state index in [4.69, 9.17) is 14.2 Å². The van der Waals surface area contributed by atoms with Gasteiger partial charge in [-0.3, -0.25) is 0 Å². The topological polar surface area (TPSA) is 27.7 Å². The molecule has 166 valence electrons. The fourth-order valence-electron chi connectivity index (χ4n) is 4.81. The van der Waals surface area contributed by atoms with Crippen LogP contribution < -0.4 is 14.2 Å². The maximum Gasteiger partial charge on any atom is 0.129 e. The average Bonchev–Trinajstić information content (AvgIpc) is 2.82. The highest BCUT2D eigenvalue weighted by Gasteiger charge is 2.32. The summed E-state index contributed by atoms with van der Waals surface area (Å²) in [6.45, 7) is 7.74. The van der Waals surface area contributed by atoms with Crippen LogP contribution in [0.25, 0.3) is 0 Å². The molecule has 0 N–H and O–H groups in total. The first-order valence-corrected chi connectivity index (χ1v) is 11.8. The summed E-state index contributed by atoms with van der Waals surface area (Å²) in [7, 11) is 0. The van der Waals surface area contributed by atoms with Crippen molar-refractivity contribution in [1.29, 1.82) is 0 Å². The van der Waals surface area contributed by atoms with Crippen LogP contribution in [0.2, 0.25) is 0 Å². The van der Waals surface area contributed by atoms with Crippen LogP contribution in [0.4, 0.5) is 0 Å². The van der Waals surface area contributed by atoms with Crippen molar-refractivity contribution in [3.63, 3.8) is 0 Å². The van der Waals surface area contributed by atoms with Crippen LogP contribution in [0, 0.1) is 0 Å². The third kappa shape index (κ3) is 4.21. The standard InChI is InChI=1S/C29H32O3/c1-4-20-10-12-24(27(16-20)30-18-21-8-6-5-7-9-21)23-17-22-11-13-26-25(28(22)31-19-23)14-15-29(2,3)32-26/h5-13,16,23H,4,14-15,17-19H2,1-3H3/t23-/m1/s1. The largest absolute Gasteiger partial charge is 0.492 e. The first kappa shape index (κ1) is 20.9. The minimum Gasteiger partial charge on any atom is -0.492 e. The molecule has 0 saturated heterocycles. The van der Waals surface area contributed by atoms with Crippen LogP contribution in [-0.2, 0) is 25.9 Å². The van der Waals surface area contributed by atoms with Gasteiger partial charge in [0, 0.05) is 17.0 Å². The highest BCUT2D eigenvalue weighted by Crippen LogP contribution is 2.45. The molecule has 3 nitrogen and oxygen atoms in total. The molecule has 0 amide bonds. The van der Waals surface area contributed by atoms with Crippen LogP contribution in [0.1, 0.15) is 60.9 Å². The Morgan fingerprint density at radius 1 is 1.00 bits per heavy atom. The summed E-state index contributed by atoms with van der Waals surface area (Å²) in [5, 5.41) is 0. The summed E-state index contributed by atoms with van der Waals surface area (Å²) in [6.07, 6.45) is 3.97. The van der Waals surface area contributed by atoms with Crippen LogP contribution in [0.15, 0.2) is 60.7 Å². The molecule has 2 heterocycles. The number of benzene rings is 3. The van der Waals surface area contributed by atoms with Crippen molar-refractivity contribution < 1.29 is 14.2 Å². The molecule has 0 unspecified atom stereocenters. The predicted molar refractivity (Wildman–Crippen MR) is 128 cm³/mol. The predicted octanol–water partition coefficient (Wildman–Crippen LogP) is 6.65. The molecule has 0 aliphatic carbocycles. The van der Waals surface area contributed by atoms with Gasteiger partial charge in [0.05, 0.1) is 6.61 Å². The number of fused-ring (bicyclic) bond motifs is 3. The Kier molecular flexibility index (Phi) is 5.58. The minimum absolute atomic E-state index is 0.107. The molecule has 0 aromatic heterocycles. The van der Waals surface area contributed by atoms with E-state index >= 15 is 0 Å². The van der Waals surface area contributed by atoms with Gasteiger partial charge in [0.2, 0.25) is 0 Å². The van der Waals surface area contributed by atoms with Gasteiger partial charge in [0.15, 0.2) is 0 Å². The molecule has 3 aromatic carbocycles. The number of aryl methyl sites for hydroxylation is 1. The summed E-state index contributed by atoms with van der Waals surface area (Å²) in [4.78, 5) is 0. The molecule has 0 spiro atoms. The lowest BCUT2D eigenvalue weighted by Crippen LogP contribution is -2.33. The second-order valence-corrected chi connectivity index (χ2v) is 9.60. The third-order valence-corrected chi connectivity index (χ3v) is 6.72. The van der Waals surface area contributed by atoms with Crippen LogP contribution in [0.3, 0.4) is 0 Å². The van der Waals surface area contributed by atoms with Crippen LogP contribution in [-0.4, -0.2) is 12.2 Å². The zero-order valence-electron chi connectivity index (χ0n) is 19.3. The Morgan fingerprint density at radius 2 is 1.84 bits per heavy atom. The molecule has 0 bridgehead atoms. The van der Waals surface area contributed by atoms with E-state index in [0.29, 0.717) is 13.2 Å². The van der Waals surface area contributed by atoms with Gasteiger partial charge in [-0.25, -0.2) is 0 Å². The Labute approximate surface area is 191 Å². The van der Waals surface area contributed by atoms with E-state index in [0.717, 1.165) is 42.9 Å². The lowest BCUT2D eigenvalue weighted by Gasteiger charge is -2.36. The molecule has 5 rings (SSSR count). The maximum atomic E-state index is 6.40. The zero-order valence-corrected chi connectivity index (χ0v) is 19.3. The molecule has 2 aliphatic rings. The van der Waals surface area contributed by atoms with Gasteiger partial charge in [-0.05, 0) is 68.4 Å². The first-order valence-electron chi connectivity index (χ1n) is 11.8. The fraction of sp³-hybridized carbons (Fsp3) is 0.379. The average molecular weight is 429 g/mol. The van der Waals surface area contributed by atoms with E-state index in [1.165, 1.54) is 27.8 Å². The van der Waals surface area contributed by atoms with Crippen LogP contribution in [0.5, 0.6) is 17.2 Å². The van der Waals surface area contributed by atoms with Crippen molar-refractivity contribution in [1.82, 2.24) is 0 Å². The molecule has 32 heavy (non-hydrogen) atoms. The molecule has 2 aliphatic heterocycles. The van der Waals surface area contributed by atoms with E-state index < -0.39 is 0 Å². The smallest absolute Gasteiger partial charge is 0.129 e. The van der Waals surface area contributed by atoms with Crippen molar-refractivity contribution in [3.05, 3.63) is 88.5 Å². The number of rotatable bonds is 5. The van der Waals surface area contributed by atoms with Crippen LogP contribution >= 0.6 is 0 Å². The lowest BCUT2D eigenvalue weighted by atomic mass is 9.86. The summed E-state index contributed by atoms with van der Waals surface area (Å²) in [5.74, 6) is 3.29. The number of hydrogen-bond acceptors (Lipinski definition) is 3. The monoisotopic (exact) mass is 428 g/mol. The van der Waals surface area contributed by atoms with E-state index in [2.05, 4.69) is 75.4 Å². The van der Waals surface area contributed by atoms with Crippen molar-refractivity contribution >= 4 is 0 Å². The van der Waals surface area contributed by atoms with Gasteiger partial charge < -0.3 is 14.2 Å². The SMILES string of the molecule is CCc1ccc([C@H]2COc3c(ccc4c3CCC(C)(C)O4)C2)c(OCc2ccccc2)c1. The molecular weight excluding hydrogens is 396 g/mol. The summed E-state index contributed by atoms with van der Waals surface area (Å²) >= 11 is 0. The lowest BCUT2D eigenvalue weighted by molar-refractivity contribution is 0.0826. The molecule has 3 heteroatoms. The number of ether oxygens (including phenoxy) is 3. The minimum atomic E-state index is -0.107. The maximum absolute atomic E-state index is 6.40. The molecule has 0 fully saturated rings. The second kappa shape index (κ2) is 8.54. The number of hydrogen-bond donors (Lipinski definition) is 0. The van der Waals surface area contributed by atoms with Gasteiger partial charge in [0.1, 0.15) is 29.5 Å². The second-order valence-electron chi connectivity index (χ2n) is 9.60. The van der Waals surface area contributed by atoms with E-state index in [-0.39, 0.29) is 11.5 Å². The quantitative estimate of drug-likeness (QED) is 0.455. The molecule has 0 saturated carbocycles. The van der Waals surface area contributed by atoms with E-state index in [1.54, 1.807) is 0 Å².